The molecular formula is C21H23BrN2O3. The molecule has 0 saturated heterocycles. The molecule has 5 nitrogen and oxygen atoms in total. The molecule has 0 bridgehead atoms. The molecule has 2 aromatic rings. The van der Waals surface area contributed by atoms with Gasteiger partial charge in [0.15, 0.2) is 0 Å². The minimum absolute atomic E-state index is 0.0111. The van der Waals surface area contributed by atoms with Crippen molar-refractivity contribution in [1.29, 1.82) is 0 Å². The second-order valence-electron chi connectivity index (χ2n) is 6.88. The van der Waals surface area contributed by atoms with E-state index in [4.69, 9.17) is 4.74 Å². The average Bonchev–Trinajstić information content (AvgIpc) is 2.65. The van der Waals surface area contributed by atoms with Gasteiger partial charge < -0.3 is 15.0 Å². The molecule has 0 saturated carbocycles. The summed E-state index contributed by atoms with van der Waals surface area (Å²) >= 11 is 3.49. The monoisotopic (exact) mass is 430 g/mol. The zero-order valence-corrected chi connectivity index (χ0v) is 17.2. The fourth-order valence-electron chi connectivity index (χ4n) is 3.57. The molecule has 1 N–H and O–H groups in total. The molecule has 3 atom stereocenters. The normalized spacial score (nSPS) is 21.3. The van der Waals surface area contributed by atoms with Gasteiger partial charge in [0.2, 0.25) is 5.91 Å². The first-order valence-corrected chi connectivity index (χ1v) is 9.74. The summed E-state index contributed by atoms with van der Waals surface area (Å²) in [6.45, 7) is 5.82. The third kappa shape index (κ3) is 4.16. The third-order valence-electron chi connectivity index (χ3n) is 5.10. The zero-order valence-electron chi connectivity index (χ0n) is 15.6. The number of carbonyl (C=O) groups is 2. The van der Waals surface area contributed by atoms with Gasteiger partial charge in [0.05, 0.1) is 6.04 Å². The molecule has 142 valence electrons. The van der Waals surface area contributed by atoms with Crippen molar-refractivity contribution in [3.05, 3.63) is 64.1 Å². The van der Waals surface area contributed by atoms with Gasteiger partial charge in [-0.15, -0.1) is 0 Å². The van der Waals surface area contributed by atoms with Crippen molar-refractivity contribution in [1.82, 2.24) is 5.32 Å². The van der Waals surface area contributed by atoms with Gasteiger partial charge in [-0.2, -0.15) is 0 Å². The van der Waals surface area contributed by atoms with Crippen molar-refractivity contribution < 1.29 is 14.3 Å². The van der Waals surface area contributed by atoms with Crippen LogP contribution in [0.3, 0.4) is 0 Å². The summed E-state index contributed by atoms with van der Waals surface area (Å²) in [5, 5.41) is 2.99. The van der Waals surface area contributed by atoms with Crippen LogP contribution in [0, 0.1) is 5.92 Å². The van der Waals surface area contributed by atoms with Gasteiger partial charge in [-0.05, 0) is 36.2 Å². The van der Waals surface area contributed by atoms with Crippen molar-refractivity contribution in [3.8, 4) is 0 Å². The highest BCUT2D eigenvalue weighted by Gasteiger charge is 2.39. The molecule has 27 heavy (non-hydrogen) atoms. The minimum Gasteiger partial charge on any atom is -0.445 e. The number of alkyl carbamates (subject to hydrolysis) is 1. The van der Waals surface area contributed by atoms with Crippen molar-refractivity contribution in [2.75, 3.05) is 4.90 Å². The molecule has 0 aliphatic carbocycles. The molecule has 6 heteroatoms. The van der Waals surface area contributed by atoms with Gasteiger partial charge in [0.25, 0.3) is 0 Å². The number of hydrogen-bond donors (Lipinski definition) is 1. The molecule has 1 heterocycles. The topological polar surface area (TPSA) is 58.6 Å². The number of amides is 2. The van der Waals surface area contributed by atoms with E-state index in [0.29, 0.717) is 0 Å². The highest BCUT2D eigenvalue weighted by Crippen LogP contribution is 2.41. The number of benzene rings is 2. The number of ether oxygens (including phenoxy) is 1. The fourth-order valence-corrected chi connectivity index (χ4v) is 3.95. The van der Waals surface area contributed by atoms with Gasteiger partial charge >= 0.3 is 6.09 Å². The Bertz CT molecular complexity index is 841. The van der Waals surface area contributed by atoms with Gasteiger partial charge in [0, 0.05) is 29.0 Å². The smallest absolute Gasteiger partial charge is 0.407 e. The first-order chi connectivity index (χ1) is 12.9. The van der Waals surface area contributed by atoms with Crippen LogP contribution in [-0.4, -0.2) is 18.0 Å². The van der Waals surface area contributed by atoms with Crippen LogP contribution in [0.1, 0.15) is 37.9 Å². The Hall–Kier alpha value is -2.34. The maximum absolute atomic E-state index is 12.4. The standard InChI is InChI=1S/C21H23BrN2O3/c1-13-14(2)24(15(3)25)19-10-9-17(22)11-18(19)20(13)23-21(26)27-12-16-7-5-4-6-8-16/h4-11,13-14,20H,12H2,1-3H3,(H,23,26). The second-order valence-corrected chi connectivity index (χ2v) is 7.79. The number of anilines is 1. The first-order valence-electron chi connectivity index (χ1n) is 8.95. The summed E-state index contributed by atoms with van der Waals surface area (Å²) in [6.07, 6.45) is -0.467. The predicted octanol–water partition coefficient (Wildman–Crippen LogP) is 4.81. The van der Waals surface area contributed by atoms with Crippen molar-refractivity contribution in [3.63, 3.8) is 0 Å². The number of hydrogen-bond acceptors (Lipinski definition) is 3. The van der Waals surface area contributed by atoms with E-state index in [1.165, 1.54) is 0 Å². The average molecular weight is 431 g/mol. The Labute approximate surface area is 167 Å². The Morgan fingerprint density at radius 3 is 2.52 bits per heavy atom. The molecule has 0 radical (unpaired) electrons. The highest BCUT2D eigenvalue weighted by molar-refractivity contribution is 9.10. The lowest BCUT2D eigenvalue weighted by Gasteiger charge is -2.43. The van der Waals surface area contributed by atoms with Crippen LogP contribution < -0.4 is 10.2 Å². The van der Waals surface area contributed by atoms with E-state index in [-0.39, 0.29) is 30.5 Å². The predicted molar refractivity (Wildman–Crippen MR) is 108 cm³/mol. The second kappa shape index (κ2) is 8.13. The Balaban J connectivity index is 1.81. The number of nitrogens with one attached hydrogen (secondary N) is 1. The summed E-state index contributed by atoms with van der Waals surface area (Å²) in [6, 6.07) is 15.0. The highest BCUT2D eigenvalue weighted by atomic mass is 79.9. The Morgan fingerprint density at radius 2 is 1.85 bits per heavy atom. The number of nitrogens with zero attached hydrogens (tertiary/aromatic N) is 1. The Kier molecular flexibility index (Phi) is 5.85. The third-order valence-corrected chi connectivity index (χ3v) is 5.60. The van der Waals surface area contributed by atoms with Crippen LogP contribution in [0.2, 0.25) is 0 Å². The molecule has 0 fully saturated rings. The Morgan fingerprint density at radius 1 is 1.15 bits per heavy atom. The number of fused-ring (bicyclic) bond motifs is 1. The maximum Gasteiger partial charge on any atom is 0.407 e. The van der Waals surface area contributed by atoms with Crippen LogP contribution in [-0.2, 0) is 16.1 Å². The summed E-state index contributed by atoms with van der Waals surface area (Å²) in [5.41, 5.74) is 2.66. The first kappa shape index (κ1) is 19.4. The van der Waals surface area contributed by atoms with Crippen LogP contribution in [0.4, 0.5) is 10.5 Å². The van der Waals surface area contributed by atoms with Gasteiger partial charge in [0.1, 0.15) is 6.61 Å². The molecule has 1 aliphatic rings. The lowest BCUT2D eigenvalue weighted by atomic mass is 9.83. The molecule has 0 aromatic heterocycles. The van der Waals surface area contributed by atoms with E-state index < -0.39 is 6.09 Å². The fraction of sp³-hybridized carbons (Fsp3) is 0.333. The van der Waals surface area contributed by atoms with Crippen molar-refractivity contribution in [2.24, 2.45) is 5.92 Å². The quantitative estimate of drug-likeness (QED) is 0.759. The van der Waals surface area contributed by atoms with Gasteiger partial charge in [-0.1, -0.05) is 53.2 Å². The summed E-state index contributed by atoms with van der Waals surface area (Å²) in [4.78, 5) is 26.4. The van der Waals surface area contributed by atoms with Crippen LogP contribution >= 0.6 is 15.9 Å². The van der Waals surface area contributed by atoms with E-state index in [1.807, 2.05) is 62.4 Å². The van der Waals surface area contributed by atoms with E-state index in [0.717, 1.165) is 21.3 Å². The van der Waals surface area contributed by atoms with E-state index >= 15 is 0 Å². The van der Waals surface area contributed by atoms with Crippen molar-refractivity contribution >= 4 is 33.6 Å². The lowest BCUT2D eigenvalue weighted by molar-refractivity contribution is -0.117. The number of carbonyl (C=O) groups excluding carboxylic acids is 2. The van der Waals surface area contributed by atoms with E-state index in [1.54, 1.807) is 11.8 Å². The van der Waals surface area contributed by atoms with E-state index in [2.05, 4.69) is 21.2 Å². The molecule has 0 spiro atoms. The minimum atomic E-state index is -0.467. The maximum atomic E-state index is 12.4. The van der Waals surface area contributed by atoms with Crippen LogP contribution in [0.5, 0.6) is 0 Å². The van der Waals surface area contributed by atoms with Crippen molar-refractivity contribution in [2.45, 2.75) is 39.5 Å². The molecule has 3 unspecified atom stereocenters. The number of rotatable bonds is 3. The zero-order chi connectivity index (χ0) is 19.6. The molecule has 2 amide bonds. The lowest BCUT2D eigenvalue weighted by Crippen LogP contribution is -2.50. The molecular weight excluding hydrogens is 408 g/mol. The largest absolute Gasteiger partial charge is 0.445 e. The number of halogens is 1. The summed E-state index contributed by atoms with van der Waals surface area (Å²) in [5.74, 6) is 0.0167. The van der Waals surface area contributed by atoms with Crippen LogP contribution in [0.15, 0.2) is 53.0 Å². The van der Waals surface area contributed by atoms with Gasteiger partial charge in [-0.3, -0.25) is 4.79 Å². The molecule has 2 aromatic carbocycles. The van der Waals surface area contributed by atoms with Crippen LogP contribution in [0.25, 0.3) is 0 Å². The SMILES string of the molecule is CC(=O)N1c2ccc(Br)cc2C(NC(=O)OCc2ccccc2)C(C)C1C. The summed E-state index contributed by atoms with van der Waals surface area (Å²) < 4.78 is 6.29. The summed E-state index contributed by atoms with van der Waals surface area (Å²) in [7, 11) is 0. The molecule has 1 aliphatic heterocycles. The van der Waals surface area contributed by atoms with E-state index in [9.17, 15) is 9.59 Å². The van der Waals surface area contributed by atoms with Gasteiger partial charge in [-0.25, -0.2) is 4.79 Å². The molecule has 3 rings (SSSR count).